The second-order valence-corrected chi connectivity index (χ2v) is 3.17. The number of rotatable bonds is 1. The van der Waals surface area contributed by atoms with Gasteiger partial charge in [-0.3, -0.25) is 0 Å². The smallest absolute Gasteiger partial charge is 0.172 e. The van der Waals surface area contributed by atoms with Crippen LogP contribution in [0.15, 0.2) is 0 Å². The van der Waals surface area contributed by atoms with Crippen LogP contribution in [-0.4, -0.2) is 46.5 Å². The molecule has 5 atom stereocenters. The van der Waals surface area contributed by atoms with Crippen molar-refractivity contribution in [3.05, 3.63) is 0 Å². The summed E-state index contributed by atoms with van der Waals surface area (Å²) in [7, 11) is 0. The van der Waals surface area contributed by atoms with E-state index in [9.17, 15) is 5.11 Å². The number of nitrogens with two attached hydrogens (primary N) is 1. The van der Waals surface area contributed by atoms with Crippen LogP contribution in [0, 0.1) is 5.92 Å². The number of ether oxygens (including phenoxy) is 1. The average molecular weight is 177 g/mol. The Balaban J connectivity index is 2.63. The highest BCUT2D eigenvalue weighted by atomic mass is 16.6. The molecule has 3 unspecified atom stereocenters. The van der Waals surface area contributed by atoms with E-state index >= 15 is 0 Å². The van der Waals surface area contributed by atoms with Crippen LogP contribution in [0.5, 0.6) is 0 Å². The Morgan fingerprint density at radius 1 is 1.42 bits per heavy atom. The van der Waals surface area contributed by atoms with E-state index in [2.05, 4.69) is 0 Å². The molecule has 0 aromatic heterocycles. The van der Waals surface area contributed by atoms with E-state index in [-0.39, 0.29) is 12.5 Å². The van der Waals surface area contributed by atoms with Gasteiger partial charge in [0.15, 0.2) is 6.29 Å². The minimum absolute atomic E-state index is 0.220. The Hall–Kier alpha value is -0.200. The van der Waals surface area contributed by atoms with Gasteiger partial charge in [-0.05, 0) is 0 Å². The topological polar surface area (TPSA) is 95.9 Å². The van der Waals surface area contributed by atoms with E-state index in [1.54, 1.807) is 6.92 Å². The maximum Gasteiger partial charge on any atom is 0.172 e. The van der Waals surface area contributed by atoms with Crippen molar-refractivity contribution < 1.29 is 20.1 Å². The Morgan fingerprint density at radius 2 is 2.00 bits per heavy atom. The van der Waals surface area contributed by atoms with Crippen LogP contribution < -0.4 is 5.73 Å². The molecule has 0 spiro atoms. The molecule has 0 bridgehead atoms. The first-order valence-electron chi connectivity index (χ1n) is 3.96. The molecule has 0 amide bonds. The first-order valence-corrected chi connectivity index (χ1v) is 3.96. The van der Waals surface area contributed by atoms with Crippen molar-refractivity contribution >= 4 is 0 Å². The van der Waals surface area contributed by atoms with Gasteiger partial charge in [-0.1, -0.05) is 6.92 Å². The third kappa shape index (κ3) is 1.60. The van der Waals surface area contributed by atoms with Crippen molar-refractivity contribution in [3.8, 4) is 0 Å². The average Bonchev–Trinajstić information content (AvgIpc) is 2.08. The molecule has 1 saturated heterocycles. The first-order chi connectivity index (χ1) is 5.57. The summed E-state index contributed by atoms with van der Waals surface area (Å²) >= 11 is 0. The van der Waals surface area contributed by atoms with E-state index in [0.29, 0.717) is 0 Å². The fraction of sp³-hybridized carbons (Fsp3) is 1.00. The predicted molar refractivity (Wildman–Crippen MR) is 41.1 cm³/mol. The van der Waals surface area contributed by atoms with Crippen molar-refractivity contribution in [1.82, 2.24) is 0 Å². The fourth-order valence-electron chi connectivity index (χ4n) is 1.34. The maximum absolute atomic E-state index is 9.44. The molecule has 0 aliphatic carbocycles. The Kier molecular flexibility index (Phi) is 3.03. The van der Waals surface area contributed by atoms with Gasteiger partial charge in [-0.25, -0.2) is 0 Å². The van der Waals surface area contributed by atoms with E-state index < -0.39 is 24.5 Å². The van der Waals surface area contributed by atoms with Gasteiger partial charge < -0.3 is 25.8 Å². The molecule has 0 saturated carbocycles. The molecular formula is C7H15NO4. The monoisotopic (exact) mass is 177 g/mol. The summed E-state index contributed by atoms with van der Waals surface area (Å²) < 4.78 is 4.95. The van der Waals surface area contributed by atoms with E-state index in [4.69, 9.17) is 20.7 Å². The van der Waals surface area contributed by atoms with Gasteiger partial charge >= 0.3 is 0 Å². The highest BCUT2D eigenvalue weighted by Crippen LogP contribution is 2.23. The molecular weight excluding hydrogens is 162 g/mol. The van der Waals surface area contributed by atoms with Crippen LogP contribution in [0.4, 0.5) is 0 Å². The van der Waals surface area contributed by atoms with Gasteiger partial charge in [0.05, 0.1) is 24.9 Å². The highest BCUT2D eigenvalue weighted by Gasteiger charge is 2.39. The third-order valence-electron chi connectivity index (χ3n) is 2.34. The predicted octanol–water partition coefficient (Wildman–Crippen LogP) is -1.98. The molecule has 0 radical (unpaired) electrons. The first kappa shape index (κ1) is 9.88. The lowest BCUT2D eigenvalue weighted by Crippen LogP contribution is -2.58. The summed E-state index contributed by atoms with van der Waals surface area (Å²) in [5, 5.41) is 27.4. The lowest BCUT2D eigenvalue weighted by molar-refractivity contribution is -0.229. The van der Waals surface area contributed by atoms with Crippen molar-refractivity contribution in [2.45, 2.75) is 31.5 Å². The molecule has 72 valence electrons. The largest absolute Gasteiger partial charge is 0.394 e. The molecule has 1 aliphatic rings. The summed E-state index contributed by atoms with van der Waals surface area (Å²) in [4.78, 5) is 0. The number of aliphatic hydroxyl groups excluding tert-OH is 3. The zero-order chi connectivity index (χ0) is 9.30. The Morgan fingerprint density at radius 3 is 2.50 bits per heavy atom. The van der Waals surface area contributed by atoms with Crippen LogP contribution in [-0.2, 0) is 4.74 Å². The van der Waals surface area contributed by atoms with Crippen LogP contribution in [0.1, 0.15) is 6.92 Å². The molecule has 1 rings (SSSR count). The van der Waals surface area contributed by atoms with E-state index in [0.717, 1.165) is 0 Å². The van der Waals surface area contributed by atoms with Crippen LogP contribution in [0.3, 0.4) is 0 Å². The lowest BCUT2D eigenvalue weighted by atomic mass is 9.90. The molecule has 1 aliphatic heterocycles. The normalized spacial score (nSPS) is 49.2. The van der Waals surface area contributed by atoms with Gasteiger partial charge in [0, 0.05) is 5.92 Å². The number of aliphatic hydroxyl groups is 3. The standard InChI is InChI=1S/C7H15NO4/c1-3-4(2-9)12-7(11)5(8)6(3)10/h3-7,9-11H,2,8H2,1H3/t3?,4?,5?,6-,7+/m0/s1. The minimum Gasteiger partial charge on any atom is -0.394 e. The van der Waals surface area contributed by atoms with Crippen molar-refractivity contribution in [2.75, 3.05) is 6.61 Å². The zero-order valence-electron chi connectivity index (χ0n) is 6.92. The van der Waals surface area contributed by atoms with Gasteiger partial charge in [0.1, 0.15) is 0 Å². The molecule has 12 heavy (non-hydrogen) atoms. The third-order valence-corrected chi connectivity index (χ3v) is 2.34. The highest BCUT2D eigenvalue weighted by molar-refractivity contribution is 4.88. The summed E-state index contributed by atoms with van der Waals surface area (Å²) in [6.45, 7) is 1.50. The second kappa shape index (κ2) is 3.68. The second-order valence-electron chi connectivity index (χ2n) is 3.17. The van der Waals surface area contributed by atoms with Gasteiger partial charge in [0.25, 0.3) is 0 Å². The Bertz CT molecular complexity index is 150. The van der Waals surface area contributed by atoms with Crippen LogP contribution >= 0.6 is 0 Å². The summed E-state index contributed by atoms with van der Waals surface area (Å²) in [5.74, 6) is -0.256. The van der Waals surface area contributed by atoms with Gasteiger partial charge in [-0.15, -0.1) is 0 Å². The molecule has 5 nitrogen and oxygen atoms in total. The molecule has 0 aromatic rings. The number of hydrogen-bond acceptors (Lipinski definition) is 5. The van der Waals surface area contributed by atoms with Crippen molar-refractivity contribution in [3.63, 3.8) is 0 Å². The van der Waals surface area contributed by atoms with Crippen LogP contribution in [0.25, 0.3) is 0 Å². The van der Waals surface area contributed by atoms with Crippen molar-refractivity contribution in [2.24, 2.45) is 11.7 Å². The molecule has 5 N–H and O–H groups in total. The summed E-state index contributed by atoms with van der Waals surface area (Å²) in [6.07, 6.45) is -2.55. The quantitative estimate of drug-likeness (QED) is 0.372. The van der Waals surface area contributed by atoms with Crippen LogP contribution in [0.2, 0.25) is 0 Å². The molecule has 1 fully saturated rings. The van der Waals surface area contributed by atoms with Gasteiger partial charge in [-0.2, -0.15) is 0 Å². The summed E-state index contributed by atoms with van der Waals surface area (Å²) in [5.41, 5.74) is 5.42. The SMILES string of the molecule is CC1C(CO)O[C@@H](O)C(N)[C@H]1O. The molecule has 5 heteroatoms. The minimum atomic E-state index is -1.19. The van der Waals surface area contributed by atoms with E-state index in [1.807, 2.05) is 0 Å². The Labute approximate surface area is 70.8 Å². The maximum atomic E-state index is 9.44. The van der Waals surface area contributed by atoms with Gasteiger partial charge in [0.2, 0.25) is 0 Å². The lowest BCUT2D eigenvalue weighted by Gasteiger charge is -2.39. The van der Waals surface area contributed by atoms with E-state index in [1.165, 1.54) is 0 Å². The fourth-order valence-corrected chi connectivity index (χ4v) is 1.34. The summed E-state index contributed by atoms with van der Waals surface area (Å²) in [6, 6.07) is -0.789. The zero-order valence-corrected chi connectivity index (χ0v) is 6.92. The molecule has 0 aromatic carbocycles. The molecule has 1 heterocycles. The number of hydrogen-bond donors (Lipinski definition) is 4. The van der Waals surface area contributed by atoms with Crippen molar-refractivity contribution in [1.29, 1.82) is 0 Å².